The summed E-state index contributed by atoms with van der Waals surface area (Å²) >= 11 is 0. The summed E-state index contributed by atoms with van der Waals surface area (Å²) in [6.07, 6.45) is 0.120. The van der Waals surface area contributed by atoms with Crippen LogP contribution < -0.4 is 4.74 Å². The lowest BCUT2D eigenvalue weighted by molar-refractivity contribution is -0.137. The highest BCUT2D eigenvalue weighted by Crippen LogP contribution is 2.27. The van der Waals surface area contributed by atoms with E-state index >= 15 is 0 Å². The van der Waals surface area contributed by atoms with Gasteiger partial charge in [0.15, 0.2) is 11.5 Å². The molecule has 0 fully saturated rings. The van der Waals surface area contributed by atoms with Crippen molar-refractivity contribution in [3.05, 3.63) is 23.8 Å². The van der Waals surface area contributed by atoms with E-state index in [1.807, 2.05) is 26.8 Å². The highest BCUT2D eigenvalue weighted by Gasteiger charge is 2.13. The Morgan fingerprint density at radius 3 is 2.65 bits per heavy atom. The second kappa shape index (κ2) is 7.75. The van der Waals surface area contributed by atoms with Crippen LogP contribution in [0.4, 0.5) is 0 Å². The Morgan fingerprint density at radius 2 is 2.10 bits per heavy atom. The van der Waals surface area contributed by atoms with Gasteiger partial charge in [0.05, 0.1) is 13.0 Å². The third-order valence-electron chi connectivity index (χ3n) is 3.05. The zero-order valence-corrected chi connectivity index (χ0v) is 12.3. The summed E-state index contributed by atoms with van der Waals surface area (Å²) in [6.45, 7) is 7.55. The predicted molar refractivity (Wildman–Crippen MR) is 77.1 cm³/mol. The smallest absolute Gasteiger partial charge is 0.304 e. The molecule has 0 radical (unpaired) electrons. The summed E-state index contributed by atoms with van der Waals surface area (Å²) in [5, 5.41) is 18.5. The number of carboxylic acids is 1. The van der Waals surface area contributed by atoms with Gasteiger partial charge in [0.25, 0.3) is 0 Å². The summed E-state index contributed by atoms with van der Waals surface area (Å²) in [5.74, 6) is -0.208. The number of carboxylic acid groups (broad SMARTS) is 1. The van der Waals surface area contributed by atoms with E-state index in [4.69, 9.17) is 9.84 Å². The fourth-order valence-corrected chi connectivity index (χ4v) is 1.92. The highest BCUT2D eigenvalue weighted by atomic mass is 16.5. The molecule has 0 aliphatic heterocycles. The van der Waals surface area contributed by atoms with E-state index in [0.29, 0.717) is 25.4 Å². The molecule has 0 heterocycles. The molecule has 0 aliphatic carbocycles. The van der Waals surface area contributed by atoms with Crippen LogP contribution in [0.15, 0.2) is 18.2 Å². The van der Waals surface area contributed by atoms with Gasteiger partial charge in [-0.1, -0.05) is 6.07 Å². The summed E-state index contributed by atoms with van der Waals surface area (Å²) in [4.78, 5) is 12.8. The average Bonchev–Trinajstić information content (AvgIpc) is 2.37. The van der Waals surface area contributed by atoms with Crippen LogP contribution >= 0.6 is 0 Å². The summed E-state index contributed by atoms with van der Waals surface area (Å²) < 4.78 is 5.35. The van der Waals surface area contributed by atoms with Crippen LogP contribution in [0.3, 0.4) is 0 Å². The first kappa shape index (κ1) is 16.3. The van der Waals surface area contributed by atoms with Crippen LogP contribution in [0.1, 0.15) is 32.8 Å². The molecule has 0 bridgehead atoms. The molecule has 20 heavy (non-hydrogen) atoms. The number of phenols is 1. The van der Waals surface area contributed by atoms with Gasteiger partial charge in [-0.25, -0.2) is 0 Å². The first-order valence-electron chi connectivity index (χ1n) is 6.84. The van der Waals surface area contributed by atoms with Gasteiger partial charge >= 0.3 is 5.97 Å². The lowest BCUT2D eigenvalue weighted by atomic mass is 10.1. The van der Waals surface area contributed by atoms with Crippen molar-refractivity contribution in [2.24, 2.45) is 0 Å². The van der Waals surface area contributed by atoms with Crippen molar-refractivity contribution in [2.45, 2.75) is 39.8 Å². The van der Waals surface area contributed by atoms with E-state index in [1.54, 1.807) is 12.1 Å². The van der Waals surface area contributed by atoms with Crippen molar-refractivity contribution in [1.29, 1.82) is 0 Å². The van der Waals surface area contributed by atoms with Crippen molar-refractivity contribution >= 4 is 5.97 Å². The maximum atomic E-state index is 10.7. The zero-order chi connectivity index (χ0) is 15.1. The summed E-state index contributed by atoms with van der Waals surface area (Å²) in [6, 6.07) is 5.48. The van der Waals surface area contributed by atoms with E-state index in [-0.39, 0.29) is 18.2 Å². The Balaban J connectivity index is 2.77. The zero-order valence-electron chi connectivity index (χ0n) is 12.3. The topological polar surface area (TPSA) is 70.0 Å². The van der Waals surface area contributed by atoms with Crippen molar-refractivity contribution in [3.63, 3.8) is 0 Å². The Labute approximate surface area is 119 Å². The molecule has 0 aromatic heterocycles. The van der Waals surface area contributed by atoms with E-state index in [2.05, 4.69) is 4.90 Å². The molecule has 0 spiro atoms. The van der Waals surface area contributed by atoms with Crippen LogP contribution in [0, 0.1) is 0 Å². The Morgan fingerprint density at radius 1 is 1.40 bits per heavy atom. The number of nitrogens with zero attached hydrogens (tertiary/aromatic N) is 1. The molecule has 0 saturated carbocycles. The van der Waals surface area contributed by atoms with Gasteiger partial charge in [-0.2, -0.15) is 0 Å². The van der Waals surface area contributed by atoms with Gasteiger partial charge in [0, 0.05) is 19.1 Å². The molecule has 112 valence electrons. The SMILES string of the molecule is CCOc1cc(CN(CCC(=O)O)C(C)C)ccc1O. The number of ether oxygens (including phenoxy) is 1. The van der Waals surface area contributed by atoms with Crippen molar-refractivity contribution in [3.8, 4) is 11.5 Å². The van der Waals surface area contributed by atoms with E-state index in [1.165, 1.54) is 0 Å². The Kier molecular flexibility index (Phi) is 6.31. The van der Waals surface area contributed by atoms with Crippen LogP contribution in [0.25, 0.3) is 0 Å². The number of hydrogen-bond donors (Lipinski definition) is 2. The number of phenolic OH excluding ortho intramolecular Hbond substituents is 1. The average molecular weight is 281 g/mol. The van der Waals surface area contributed by atoms with Gasteiger partial charge in [0.1, 0.15) is 0 Å². The first-order chi connectivity index (χ1) is 9.43. The highest BCUT2D eigenvalue weighted by molar-refractivity contribution is 5.66. The van der Waals surface area contributed by atoms with E-state index < -0.39 is 5.97 Å². The number of carbonyl (C=O) groups is 1. The quantitative estimate of drug-likeness (QED) is 0.766. The van der Waals surface area contributed by atoms with Gasteiger partial charge in [-0.05, 0) is 38.5 Å². The standard InChI is InChI=1S/C15H23NO4/c1-4-20-14-9-12(5-6-13(14)17)10-16(11(2)3)8-7-15(18)19/h5-6,9,11,17H,4,7-8,10H2,1-3H3,(H,18,19). The van der Waals surface area contributed by atoms with Crippen molar-refractivity contribution < 1.29 is 19.7 Å². The number of hydrogen-bond acceptors (Lipinski definition) is 4. The second-order valence-electron chi connectivity index (χ2n) is 4.94. The Bertz CT molecular complexity index is 445. The first-order valence-corrected chi connectivity index (χ1v) is 6.84. The minimum Gasteiger partial charge on any atom is -0.504 e. The van der Waals surface area contributed by atoms with Crippen LogP contribution in [-0.4, -0.2) is 40.3 Å². The fraction of sp³-hybridized carbons (Fsp3) is 0.533. The number of aromatic hydroxyl groups is 1. The van der Waals surface area contributed by atoms with Crippen LogP contribution in [0.2, 0.25) is 0 Å². The van der Waals surface area contributed by atoms with Crippen molar-refractivity contribution in [1.82, 2.24) is 4.90 Å². The number of aliphatic carboxylic acids is 1. The van der Waals surface area contributed by atoms with E-state index in [9.17, 15) is 9.90 Å². The lowest BCUT2D eigenvalue weighted by Crippen LogP contribution is -2.32. The molecule has 1 rings (SSSR count). The fourth-order valence-electron chi connectivity index (χ4n) is 1.92. The van der Waals surface area contributed by atoms with Gasteiger partial charge in [-0.3, -0.25) is 9.69 Å². The summed E-state index contributed by atoms with van der Waals surface area (Å²) in [7, 11) is 0. The van der Waals surface area contributed by atoms with Gasteiger partial charge in [-0.15, -0.1) is 0 Å². The summed E-state index contributed by atoms with van der Waals surface area (Å²) in [5.41, 5.74) is 0.991. The molecule has 0 atom stereocenters. The predicted octanol–water partition coefficient (Wildman–Crippen LogP) is 2.48. The lowest BCUT2D eigenvalue weighted by Gasteiger charge is -2.26. The largest absolute Gasteiger partial charge is 0.504 e. The molecular weight excluding hydrogens is 258 g/mol. The molecule has 5 nitrogen and oxygen atoms in total. The third-order valence-corrected chi connectivity index (χ3v) is 3.05. The van der Waals surface area contributed by atoms with Crippen LogP contribution in [0.5, 0.6) is 11.5 Å². The molecule has 1 aromatic carbocycles. The Hall–Kier alpha value is -1.75. The van der Waals surface area contributed by atoms with Crippen molar-refractivity contribution in [2.75, 3.05) is 13.2 Å². The molecule has 0 unspecified atom stereocenters. The maximum absolute atomic E-state index is 10.7. The van der Waals surface area contributed by atoms with Crippen LogP contribution in [-0.2, 0) is 11.3 Å². The molecule has 5 heteroatoms. The third kappa shape index (κ3) is 5.09. The second-order valence-corrected chi connectivity index (χ2v) is 4.94. The maximum Gasteiger partial charge on any atom is 0.304 e. The van der Waals surface area contributed by atoms with E-state index in [0.717, 1.165) is 5.56 Å². The minimum absolute atomic E-state index is 0.120. The van der Waals surface area contributed by atoms with Gasteiger partial charge in [0.2, 0.25) is 0 Å². The molecule has 2 N–H and O–H groups in total. The molecular formula is C15H23NO4. The van der Waals surface area contributed by atoms with Gasteiger partial charge < -0.3 is 14.9 Å². The monoisotopic (exact) mass is 281 g/mol. The number of rotatable bonds is 8. The molecule has 0 aliphatic rings. The molecule has 0 saturated heterocycles. The molecule has 0 amide bonds. The minimum atomic E-state index is -0.795. The molecule has 1 aromatic rings. The number of benzene rings is 1. The normalized spacial score (nSPS) is 11.1.